The first kappa shape index (κ1) is 5.56. The van der Waals surface area contributed by atoms with Gasteiger partial charge in [0.15, 0.2) is 0 Å². The van der Waals surface area contributed by atoms with Crippen LogP contribution in [0.4, 0.5) is 0 Å². The highest BCUT2D eigenvalue weighted by molar-refractivity contribution is 5.78. The van der Waals surface area contributed by atoms with Gasteiger partial charge in [0, 0.05) is 13.7 Å². The van der Waals surface area contributed by atoms with E-state index in [1.807, 2.05) is 0 Å². The molecule has 0 radical (unpaired) electrons. The molecule has 1 amide bonds. The largest absolute Gasteiger partial charge is 0.379 e. The zero-order valence-corrected chi connectivity index (χ0v) is 4.81. The molecular formula is C5H9NO2. The zero-order valence-electron chi connectivity index (χ0n) is 4.81. The number of ether oxygens (including phenoxy) is 1. The van der Waals surface area contributed by atoms with Crippen molar-refractivity contribution in [3.8, 4) is 0 Å². The Kier molecular flexibility index (Phi) is 1.48. The van der Waals surface area contributed by atoms with E-state index in [4.69, 9.17) is 4.74 Å². The maximum Gasteiger partial charge on any atom is 0.222 e. The highest BCUT2D eigenvalue weighted by Crippen LogP contribution is 2.01. The average molecular weight is 115 g/mol. The van der Waals surface area contributed by atoms with E-state index in [9.17, 15) is 4.79 Å². The molecule has 1 fully saturated rings. The van der Waals surface area contributed by atoms with Gasteiger partial charge in [0.1, 0.15) is 0 Å². The molecule has 3 nitrogen and oxygen atoms in total. The molecule has 1 atom stereocenters. The van der Waals surface area contributed by atoms with Crippen molar-refractivity contribution in [2.45, 2.75) is 12.5 Å². The number of hydrogen-bond donors (Lipinski definition) is 1. The topological polar surface area (TPSA) is 38.3 Å². The maximum atomic E-state index is 10.4. The van der Waals surface area contributed by atoms with Crippen molar-refractivity contribution < 1.29 is 9.53 Å². The Morgan fingerprint density at radius 1 is 1.88 bits per heavy atom. The Hall–Kier alpha value is -0.570. The van der Waals surface area contributed by atoms with E-state index in [2.05, 4.69) is 5.32 Å². The Labute approximate surface area is 48.0 Å². The van der Waals surface area contributed by atoms with E-state index < -0.39 is 0 Å². The Bertz CT molecular complexity index is 103. The summed E-state index contributed by atoms with van der Waals surface area (Å²) in [6.45, 7) is 0.676. The molecule has 1 rings (SSSR count). The van der Waals surface area contributed by atoms with Crippen LogP contribution in [0.15, 0.2) is 0 Å². The van der Waals surface area contributed by atoms with Crippen LogP contribution in [-0.4, -0.2) is 25.7 Å². The van der Waals surface area contributed by atoms with Crippen LogP contribution < -0.4 is 5.32 Å². The van der Waals surface area contributed by atoms with E-state index in [0.29, 0.717) is 13.0 Å². The fourth-order valence-corrected chi connectivity index (χ4v) is 0.745. The molecule has 1 N–H and O–H groups in total. The van der Waals surface area contributed by atoms with Crippen LogP contribution >= 0.6 is 0 Å². The van der Waals surface area contributed by atoms with Gasteiger partial charge in [-0.15, -0.1) is 0 Å². The SMILES string of the molecule is CO[C@@H]1CNC(=O)C1. The average Bonchev–Trinajstić information content (AvgIpc) is 2.14. The minimum atomic E-state index is 0.0943. The van der Waals surface area contributed by atoms with Gasteiger partial charge in [0.05, 0.1) is 12.5 Å². The van der Waals surface area contributed by atoms with Crippen molar-refractivity contribution in [3.05, 3.63) is 0 Å². The fraction of sp³-hybridized carbons (Fsp3) is 0.800. The predicted octanol–water partition coefficient (Wildman–Crippen LogP) is -0.479. The van der Waals surface area contributed by atoms with Crippen LogP contribution in [-0.2, 0) is 9.53 Å². The molecule has 0 unspecified atom stereocenters. The first-order chi connectivity index (χ1) is 3.83. The molecule has 0 aromatic carbocycles. The lowest BCUT2D eigenvalue weighted by Gasteiger charge is -2.00. The second kappa shape index (κ2) is 2.13. The molecule has 0 bridgehead atoms. The standard InChI is InChI=1S/C5H9NO2/c1-8-4-2-5(7)6-3-4/h4H,2-3H2,1H3,(H,6,7)/t4-/m0/s1. The van der Waals surface area contributed by atoms with Crippen LogP contribution in [0.5, 0.6) is 0 Å². The first-order valence-electron chi connectivity index (χ1n) is 2.62. The van der Waals surface area contributed by atoms with Crippen molar-refractivity contribution >= 4 is 5.91 Å². The van der Waals surface area contributed by atoms with Gasteiger partial charge in [-0.1, -0.05) is 0 Å². The number of carbonyl (C=O) groups is 1. The molecular weight excluding hydrogens is 106 g/mol. The van der Waals surface area contributed by atoms with E-state index in [1.54, 1.807) is 7.11 Å². The molecule has 0 aliphatic carbocycles. The second-order valence-corrected chi connectivity index (χ2v) is 1.87. The normalized spacial score (nSPS) is 28.1. The lowest BCUT2D eigenvalue weighted by molar-refractivity contribution is -0.119. The zero-order chi connectivity index (χ0) is 5.98. The summed E-state index contributed by atoms with van der Waals surface area (Å²) in [7, 11) is 1.62. The Morgan fingerprint density at radius 2 is 2.62 bits per heavy atom. The quantitative estimate of drug-likeness (QED) is 0.501. The molecule has 1 aliphatic heterocycles. The monoisotopic (exact) mass is 115 g/mol. The van der Waals surface area contributed by atoms with Gasteiger partial charge in [-0.3, -0.25) is 4.79 Å². The number of methoxy groups -OCH3 is 1. The van der Waals surface area contributed by atoms with Crippen LogP contribution in [0.2, 0.25) is 0 Å². The van der Waals surface area contributed by atoms with Crippen molar-refractivity contribution in [2.24, 2.45) is 0 Å². The highest BCUT2D eigenvalue weighted by atomic mass is 16.5. The first-order valence-corrected chi connectivity index (χ1v) is 2.62. The number of nitrogens with one attached hydrogen (secondary N) is 1. The summed E-state index contributed by atoms with van der Waals surface area (Å²) in [5.74, 6) is 0.0943. The van der Waals surface area contributed by atoms with Gasteiger partial charge in [-0.05, 0) is 0 Å². The molecule has 1 heterocycles. The van der Waals surface area contributed by atoms with Gasteiger partial charge in [-0.25, -0.2) is 0 Å². The van der Waals surface area contributed by atoms with Crippen molar-refractivity contribution in [1.29, 1.82) is 0 Å². The lowest BCUT2D eigenvalue weighted by Crippen LogP contribution is -2.16. The van der Waals surface area contributed by atoms with Gasteiger partial charge in [0.2, 0.25) is 5.91 Å². The molecule has 46 valence electrons. The number of hydrogen-bond acceptors (Lipinski definition) is 2. The molecule has 0 aromatic heterocycles. The fourth-order valence-electron chi connectivity index (χ4n) is 0.745. The molecule has 0 spiro atoms. The summed E-state index contributed by atoms with van der Waals surface area (Å²) in [5.41, 5.74) is 0. The van der Waals surface area contributed by atoms with Crippen LogP contribution in [0.25, 0.3) is 0 Å². The van der Waals surface area contributed by atoms with Gasteiger partial charge >= 0.3 is 0 Å². The lowest BCUT2D eigenvalue weighted by atomic mass is 10.3. The van der Waals surface area contributed by atoms with Crippen LogP contribution in [0.3, 0.4) is 0 Å². The van der Waals surface area contributed by atoms with E-state index in [-0.39, 0.29) is 12.0 Å². The number of carbonyl (C=O) groups excluding carboxylic acids is 1. The Balaban J connectivity index is 2.32. The third kappa shape index (κ3) is 0.980. The summed E-state index contributed by atoms with van der Waals surface area (Å²) < 4.78 is 4.90. The molecule has 0 aromatic rings. The van der Waals surface area contributed by atoms with Crippen molar-refractivity contribution in [1.82, 2.24) is 5.32 Å². The number of amides is 1. The third-order valence-electron chi connectivity index (χ3n) is 1.27. The number of rotatable bonds is 1. The molecule has 1 saturated heterocycles. The molecule has 3 heteroatoms. The molecule has 1 aliphatic rings. The Morgan fingerprint density at radius 3 is 2.88 bits per heavy atom. The molecule has 0 saturated carbocycles. The predicted molar refractivity (Wildman–Crippen MR) is 28.4 cm³/mol. The van der Waals surface area contributed by atoms with Crippen LogP contribution in [0.1, 0.15) is 6.42 Å². The summed E-state index contributed by atoms with van der Waals surface area (Å²) >= 11 is 0. The summed E-state index contributed by atoms with van der Waals surface area (Å²) in [4.78, 5) is 10.4. The highest BCUT2D eigenvalue weighted by Gasteiger charge is 2.19. The minimum Gasteiger partial charge on any atom is -0.379 e. The van der Waals surface area contributed by atoms with Gasteiger partial charge < -0.3 is 10.1 Å². The third-order valence-corrected chi connectivity index (χ3v) is 1.27. The summed E-state index contributed by atoms with van der Waals surface area (Å²) in [6.07, 6.45) is 0.638. The van der Waals surface area contributed by atoms with Gasteiger partial charge in [0.25, 0.3) is 0 Å². The maximum absolute atomic E-state index is 10.4. The van der Waals surface area contributed by atoms with Crippen molar-refractivity contribution in [3.63, 3.8) is 0 Å². The van der Waals surface area contributed by atoms with Crippen LogP contribution in [0, 0.1) is 0 Å². The van der Waals surface area contributed by atoms with E-state index in [0.717, 1.165) is 0 Å². The van der Waals surface area contributed by atoms with Gasteiger partial charge in [-0.2, -0.15) is 0 Å². The minimum absolute atomic E-state index is 0.0943. The smallest absolute Gasteiger partial charge is 0.222 e. The molecule has 8 heavy (non-hydrogen) atoms. The summed E-state index contributed by atoms with van der Waals surface area (Å²) in [6, 6.07) is 0. The van der Waals surface area contributed by atoms with Crippen molar-refractivity contribution in [2.75, 3.05) is 13.7 Å². The van der Waals surface area contributed by atoms with E-state index in [1.165, 1.54) is 0 Å². The van der Waals surface area contributed by atoms with E-state index >= 15 is 0 Å². The second-order valence-electron chi connectivity index (χ2n) is 1.87. The summed E-state index contributed by atoms with van der Waals surface area (Å²) in [5, 5.41) is 2.66.